The fourth-order valence-corrected chi connectivity index (χ4v) is 2.36. The minimum Gasteiger partial charge on any atom is -0.373 e. The van der Waals surface area contributed by atoms with Crippen LogP contribution in [0, 0.1) is 11.3 Å². The molecule has 0 amide bonds. The Morgan fingerprint density at radius 3 is 2.50 bits per heavy atom. The van der Waals surface area contributed by atoms with E-state index in [1.165, 1.54) is 12.8 Å². The number of nitrogens with zero attached hydrogens (tertiary/aromatic N) is 2. The van der Waals surface area contributed by atoms with Crippen molar-refractivity contribution in [3.63, 3.8) is 0 Å². The van der Waals surface area contributed by atoms with Gasteiger partial charge < -0.3 is 4.74 Å². The molecule has 0 spiro atoms. The van der Waals surface area contributed by atoms with Gasteiger partial charge in [0.05, 0.1) is 18.3 Å². The van der Waals surface area contributed by atoms with Gasteiger partial charge in [-0.3, -0.25) is 10.2 Å². The highest BCUT2D eigenvalue weighted by molar-refractivity contribution is 4.98. The molecular weight excluding hydrogens is 202 g/mol. The van der Waals surface area contributed by atoms with Crippen LogP contribution in [0.5, 0.6) is 0 Å². The molecule has 1 aliphatic heterocycles. The molecule has 1 N–H and O–H groups in total. The molecule has 0 radical (unpaired) electrons. The quantitative estimate of drug-likeness (QED) is 0.763. The molecule has 90 valence electrons. The van der Waals surface area contributed by atoms with E-state index in [0.717, 1.165) is 19.6 Å². The second-order valence-corrected chi connectivity index (χ2v) is 5.10. The number of rotatable bonds is 4. The van der Waals surface area contributed by atoms with E-state index in [1.54, 1.807) is 0 Å². The van der Waals surface area contributed by atoms with Crippen molar-refractivity contribution in [2.75, 3.05) is 19.6 Å². The lowest BCUT2D eigenvalue weighted by Gasteiger charge is -2.36. The van der Waals surface area contributed by atoms with Crippen molar-refractivity contribution in [1.82, 2.24) is 10.2 Å². The van der Waals surface area contributed by atoms with E-state index in [0.29, 0.717) is 6.04 Å². The summed E-state index contributed by atoms with van der Waals surface area (Å²) in [5.74, 6) is 0. The Kier molecular flexibility index (Phi) is 3.80. The summed E-state index contributed by atoms with van der Waals surface area (Å²) in [6.45, 7) is 6.89. The van der Waals surface area contributed by atoms with Crippen LogP contribution in [0.3, 0.4) is 0 Å². The van der Waals surface area contributed by atoms with Gasteiger partial charge in [0.2, 0.25) is 0 Å². The van der Waals surface area contributed by atoms with Crippen LogP contribution in [0.1, 0.15) is 26.7 Å². The van der Waals surface area contributed by atoms with Crippen LogP contribution in [0.2, 0.25) is 0 Å². The lowest BCUT2D eigenvalue weighted by Crippen LogP contribution is -2.50. The first kappa shape index (κ1) is 11.8. The van der Waals surface area contributed by atoms with Crippen molar-refractivity contribution in [3.8, 4) is 6.07 Å². The van der Waals surface area contributed by atoms with Crippen LogP contribution in [-0.2, 0) is 4.74 Å². The predicted octanol–water partition coefficient (Wildman–Crippen LogP) is 0.740. The molecule has 0 aromatic carbocycles. The largest absolute Gasteiger partial charge is 0.373 e. The van der Waals surface area contributed by atoms with Gasteiger partial charge >= 0.3 is 0 Å². The molecule has 1 saturated carbocycles. The zero-order chi connectivity index (χ0) is 11.5. The summed E-state index contributed by atoms with van der Waals surface area (Å²) in [7, 11) is 0. The number of ether oxygens (including phenoxy) is 1. The molecule has 0 bridgehead atoms. The molecular formula is C12H21N3O. The van der Waals surface area contributed by atoms with E-state index < -0.39 is 0 Å². The van der Waals surface area contributed by atoms with Crippen LogP contribution in [0.15, 0.2) is 0 Å². The Hall–Kier alpha value is -0.630. The summed E-state index contributed by atoms with van der Waals surface area (Å²) in [5, 5.41) is 12.5. The van der Waals surface area contributed by atoms with E-state index >= 15 is 0 Å². The first-order valence-electron chi connectivity index (χ1n) is 6.21. The summed E-state index contributed by atoms with van der Waals surface area (Å²) in [6, 6.07) is 2.93. The van der Waals surface area contributed by atoms with E-state index in [4.69, 9.17) is 10.00 Å². The normalized spacial score (nSPS) is 33.3. The third-order valence-corrected chi connectivity index (χ3v) is 3.11. The molecule has 2 aliphatic rings. The van der Waals surface area contributed by atoms with Crippen molar-refractivity contribution in [3.05, 3.63) is 0 Å². The fourth-order valence-electron chi connectivity index (χ4n) is 2.36. The number of nitriles is 1. The van der Waals surface area contributed by atoms with Gasteiger partial charge in [0.1, 0.15) is 6.04 Å². The van der Waals surface area contributed by atoms with Gasteiger partial charge in [0, 0.05) is 25.7 Å². The van der Waals surface area contributed by atoms with Gasteiger partial charge in [-0.1, -0.05) is 0 Å². The molecule has 2 rings (SSSR count). The SMILES string of the molecule is C[C@@H]1CN(CC(C#N)NC2CC2)C[C@H](C)O1. The maximum Gasteiger partial charge on any atom is 0.108 e. The van der Waals surface area contributed by atoms with Crippen LogP contribution in [0.25, 0.3) is 0 Å². The molecule has 1 saturated heterocycles. The third-order valence-electron chi connectivity index (χ3n) is 3.11. The smallest absolute Gasteiger partial charge is 0.108 e. The minimum absolute atomic E-state index is 0.0231. The van der Waals surface area contributed by atoms with Crippen molar-refractivity contribution >= 4 is 0 Å². The second kappa shape index (κ2) is 5.13. The summed E-state index contributed by atoms with van der Waals surface area (Å²) in [4.78, 5) is 2.34. The highest BCUT2D eigenvalue weighted by Gasteiger charge is 2.28. The molecule has 4 nitrogen and oxygen atoms in total. The molecule has 4 heteroatoms. The zero-order valence-corrected chi connectivity index (χ0v) is 10.1. The van der Waals surface area contributed by atoms with Crippen LogP contribution < -0.4 is 5.32 Å². The second-order valence-electron chi connectivity index (χ2n) is 5.10. The number of morpholine rings is 1. The summed E-state index contributed by atoms with van der Waals surface area (Å²) >= 11 is 0. The minimum atomic E-state index is -0.0231. The molecule has 16 heavy (non-hydrogen) atoms. The summed E-state index contributed by atoms with van der Waals surface area (Å²) in [6.07, 6.45) is 3.02. The van der Waals surface area contributed by atoms with Crippen molar-refractivity contribution in [1.29, 1.82) is 5.26 Å². The van der Waals surface area contributed by atoms with Crippen molar-refractivity contribution in [2.24, 2.45) is 0 Å². The lowest BCUT2D eigenvalue weighted by molar-refractivity contribution is -0.0687. The van der Waals surface area contributed by atoms with E-state index in [-0.39, 0.29) is 18.2 Å². The zero-order valence-electron chi connectivity index (χ0n) is 10.1. The average molecular weight is 223 g/mol. The van der Waals surface area contributed by atoms with Gasteiger partial charge in [-0.2, -0.15) is 5.26 Å². The van der Waals surface area contributed by atoms with Crippen LogP contribution in [-0.4, -0.2) is 48.8 Å². The highest BCUT2D eigenvalue weighted by Crippen LogP contribution is 2.19. The number of hydrogen-bond acceptors (Lipinski definition) is 4. The highest BCUT2D eigenvalue weighted by atomic mass is 16.5. The van der Waals surface area contributed by atoms with Crippen molar-refractivity contribution < 1.29 is 4.74 Å². The maximum absolute atomic E-state index is 9.09. The van der Waals surface area contributed by atoms with Gasteiger partial charge in [-0.15, -0.1) is 0 Å². The molecule has 1 heterocycles. The van der Waals surface area contributed by atoms with E-state index in [1.807, 2.05) is 0 Å². The molecule has 1 aliphatic carbocycles. The fraction of sp³-hybridized carbons (Fsp3) is 0.917. The monoisotopic (exact) mass is 223 g/mol. The summed E-state index contributed by atoms with van der Waals surface area (Å²) < 4.78 is 5.68. The Morgan fingerprint density at radius 2 is 2.00 bits per heavy atom. The first-order chi connectivity index (χ1) is 7.67. The predicted molar refractivity (Wildman–Crippen MR) is 62.0 cm³/mol. The summed E-state index contributed by atoms with van der Waals surface area (Å²) in [5.41, 5.74) is 0. The Balaban J connectivity index is 1.79. The Bertz CT molecular complexity index is 262. The average Bonchev–Trinajstić information content (AvgIpc) is 2.99. The van der Waals surface area contributed by atoms with Crippen LogP contribution in [0.4, 0.5) is 0 Å². The number of hydrogen-bond donors (Lipinski definition) is 1. The van der Waals surface area contributed by atoms with Crippen LogP contribution >= 0.6 is 0 Å². The Morgan fingerprint density at radius 1 is 1.38 bits per heavy atom. The first-order valence-corrected chi connectivity index (χ1v) is 6.21. The topological polar surface area (TPSA) is 48.3 Å². The van der Waals surface area contributed by atoms with E-state index in [9.17, 15) is 0 Å². The van der Waals surface area contributed by atoms with E-state index in [2.05, 4.69) is 30.1 Å². The van der Waals surface area contributed by atoms with Gasteiger partial charge in [0.25, 0.3) is 0 Å². The molecule has 3 atom stereocenters. The van der Waals surface area contributed by atoms with Crippen molar-refractivity contribution in [2.45, 2.75) is 51.0 Å². The molecule has 0 aromatic heterocycles. The third kappa shape index (κ3) is 3.44. The standard InChI is InChI=1S/C12H21N3O/c1-9-6-15(7-10(2)16-9)8-12(5-13)14-11-3-4-11/h9-12,14H,3-4,6-8H2,1-2H3/t9-,10+,12?. The molecule has 1 unspecified atom stereocenters. The van der Waals surface area contributed by atoms with Gasteiger partial charge in [0.15, 0.2) is 0 Å². The maximum atomic E-state index is 9.09. The van der Waals surface area contributed by atoms with Gasteiger partial charge in [-0.25, -0.2) is 0 Å². The molecule has 2 fully saturated rings. The van der Waals surface area contributed by atoms with Gasteiger partial charge in [-0.05, 0) is 26.7 Å². The molecule has 0 aromatic rings. The lowest BCUT2D eigenvalue weighted by atomic mass is 10.2. The Labute approximate surface area is 97.6 Å². The number of nitrogens with one attached hydrogen (secondary N) is 1.